The van der Waals surface area contributed by atoms with Crippen molar-refractivity contribution in [2.75, 3.05) is 0 Å². The summed E-state index contributed by atoms with van der Waals surface area (Å²) in [4.78, 5) is 0. The Hall–Kier alpha value is -0.870. The van der Waals surface area contributed by atoms with Gasteiger partial charge in [-0.05, 0) is 58.7 Å². The van der Waals surface area contributed by atoms with Crippen LogP contribution < -0.4 is 0 Å². The van der Waals surface area contributed by atoms with Gasteiger partial charge in [0.15, 0.2) is 0 Å². The molecule has 0 heterocycles. The lowest BCUT2D eigenvalue weighted by molar-refractivity contribution is 0.168. The fourth-order valence-corrected chi connectivity index (χ4v) is 2.16. The normalized spacial score (nSPS) is 12.4. The lowest BCUT2D eigenvalue weighted by Crippen LogP contribution is -1.99. The number of aliphatic hydroxyl groups is 1. The first-order valence-corrected chi connectivity index (χ1v) is 6.81. The van der Waals surface area contributed by atoms with E-state index in [-0.39, 0.29) is 6.10 Å². The maximum absolute atomic E-state index is 10.0. The molecule has 1 N–H and O–H groups in total. The number of rotatable bonds is 4. The molecule has 2 heteroatoms. The highest BCUT2D eigenvalue weighted by molar-refractivity contribution is 14.1. The number of halogens is 1. The highest BCUT2D eigenvalue weighted by Gasteiger charge is 2.06. The highest BCUT2D eigenvalue weighted by atomic mass is 127. The van der Waals surface area contributed by atoms with E-state index in [1.165, 1.54) is 9.13 Å². The van der Waals surface area contributed by atoms with Crippen LogP contribution in [-0.2, 0) is 6.42 Å². The molecule has 0 saturated heterocycles. The quantitative estimate of drug-likeness (QED) is 0.837. The number of benzene rings is 2. The number of hydrogen-bond acceptors (Lipinski definition) is 1. The molecule has 2 aromatic rings. The van der Waals surface area contributed by atoms with Crippen LogP contribution in [0.15, 0.2) is 54.6 Å². The van der Waals surface area contributed by atoms with Gasteiger partial charge >= 0.3 is 0 Å². The monoisotopic (exact) mass is 338 g/mol. The zero-order valence-corrected chi connectivity index (χ0v) is 11.7. The molecule has 1 unspecified atom stereocenters. The van der Waals surface area contributed by atoms with Gasteiger partial charge in [0.25, 0.3) is 0 Å². The van der Waals surface area contributed by atoms with Crippen molar-refractivity contribution in [2.45, 2.75) is 18.9 Å². The molecule has 0 fully saturated rings. The molecular formula is C15H15IO. The Kier molecular flexibility index (Phi) is 4.57. The third-order valence-corrected chi connectivity index (χ3v) is 3.52. The summed E-state index contributed by atoms with van der Waals surface area (Å²) < 4.78 is 1.25. The summed E-state index contributed by atoms with van der Waals surface area (Å²) in [5, 5.41) is 10.0. The summed E-state index contributed by atoms with van der Waals surface area (Å²) in [7, 11) is 0. The minimum atomic E-state index is -0.365. The van der Waals surface area contributed by atoms with Gasteiger partial charge in [0, 0.05) is 3.57 Å². The summed E-state index contributed by atoms with van der Waals surface area (Å²) in [6.07, 6.45) is 1.31. The summed E-state index contributed by atoms with van der Waals surface area (Å²) >= 11 is 2.30. The van der Waals surface area contributed by atoms with Gasteiger partial charge < -0.3 is 5.11 Å². The van der Waals surface area contributed by atoms with Crippen LogP contribution in [-0.4, -0.2) is 5.11 Å². The minimum absolute atomic E-state index is 0.365. The standard InChI is InChI=1S/C15H15IO/c16-14-9-6-12(7-10-14)8-11-15(17)13-4-2-1-3-5-13/h1-7,9-10,15,17H,8,11H2. The van der Waals surface area contributed by atoms with Gasteiger partial charge in [-0.1, -0.05) is 42.5 Å². The first-order chi connectivity index (χ1) is 8.25. The average molecular weight is 338 g/mol. The van der Waals surface area contributed by atoms with E-state index in [0.29, 0.717) is 0 Å². The molecule has 2 rings (SSSR count). The summed E-state index contributed by atoms with van der Waals surface area (Å²) in [6, 6.07) is 18.3. The molecule has 88 valence electrons. The second kappa shape index (κ2) is 6.17. The van der Waals surface area contributed by atoms with Gasteiger partial charge in [0.2, 0.25) is 0 Å². The highest BCUT2D eigenvalue weighted by Crippen LogP contribution is 2.19. The Bertz CT molecular complexity index is 450. The molecule has 0 aliphatic heterocycles. The van der Waals surface area contributed by atoms with Crippen molar-refractivity contribution in [3.63, 3.8) is 0 Å². The van der Waals surface area contributed by atoms with Crippen LogP contribution >= 0.6 is 22.6 Å². The third-order valence-electron chi connectivity index (χ3n) is 2.80. The maximum Gasteiger partial charge on any atom is 0.0793 e. The largest absolute Gasteiger partial charge is 0.388 e. The van der Waals surface area contributed by atoms with Gasteiger partial charge in [-0.25, -0.2) is 0 Å². The Morgan fingerprint density at radius 3 is 2.24 bits per heavy atom. The van der Waals surface area contributed by atoms with Gasteiger partial charge in [-0.15, -0.1) is 0 Å². The first kappa shape index (κ1) is 12.6. The van der Waals surface area contributed by atoms with Gasteiger partial charge in [-0.2, -0.15) is 0 Å². The number of aryl methyl sites for hydroxylation is 1. The Labute approximate surface area is 116 Å². The second-order valence-electron chi connectivity index (χ2n) is 4.09. The fourth-order valence-electron chi connectivity index (χ4n) is 1.80. The lowest BCUT2D eigenvalue weighted by atomic mass is 10.0. The van der Waals surface area contributed by atoms with Crippen LogP contribution in [0.1, 0.15) is 23.7 Å². The molecule has 0 spiro atoms. The van der Waals surface area contributed by atoms with E-state index in [9.17, 15) is 5.11 Å². The van der Waals surface area contributed by atoms with Crippen molar-refractivity contribution in [3.8, 4) is 0 Å². The van der Waals surface area contributed by atoms with E-state index < -0.39 is 0 Å². The molecule has 0 aromatic heterocycles. The second-order valence-corrected chi connectivity index (χ2v) is 5.34. The van der Waals surface area contributed by atoms with E-state index in [1.807, 2.05) is 30.3 Å². The predicted molar refractivity (Wildman–Crippen MR) is 78.9 cm³/mol. The summed E-state index contributed by atoms with van der Waals surface area (Å²) in [6.45, 7) is 0. The molecule has 0 bridgehead atoms. The van der Waals surface area contributed by atoms with Gasteiger partial charge in [-0.3, -0.25) is 0 Å². The van der Waals surface area contributed by atoms with E-state index in [1.54, 1.807) is 0 Å². The Morgan fingerprint density at radius 1 is 0.941 bits per heavy atom. The van der Waals surface area contributed by atoms with Gasteiger partial charge in [0.1, 0.15) is 0 Å². The van der Waals surface area contributed by atoms with E-state index >= 15 is 0 Å². The molecule has 0 aliphatic carbocycles. The van der Waals surface area contributed by atoms with Crippen molar-refractivity contribution in [1.82, 2.24) is 0 Å². The third kappa shape index (κ3) is 3.82. The molecule has 0 amide bonds. The molecular weight excluding hydrogens is 323 g/mol. The van der Waals surface area contributed by atoms with Crippen LogP contribution in [0.3, 0.4) is 0 Å². The molecule has 2 aromatic carbocycles. The summed E-state index contributed by atoms with van der Waals surface area (Å²) in [5.41, 5.74) is 2.28. The topological polar surface area (TPSA) is 20.2 Å². The average Bonchev–Trinajstić information content (AvgIpc) is 2.39. The van der Waals surface area contributed by atoms with Crippen LogP contribution in [0.5, 0.6) is 0 Å². The number of aliphatic hydroxyl groups excluding tert-OH is 1. The van der Waals surface area contributed by atoms with Crippen molar-refractivity contribution >= 4 is 22.6 Å². The first-order valence-electron chi connectivity index (χ1n) is 5.73. The SMILES string of the molecule is OC(CCc1ccc(I)cc1)c1ccccc1. The van der Waals surface area contributed by atoms with Crippen molar-refractivity contribution in [1.29, 1.82) is 0 Å². The molecule has 0 aliphatic rings. The zero-order chi connectivity index (χ0) is 12.1. The van der Waals surface area contributed by atoms with Crippen LogP contribution in [0, 0.1) is 3.57 Å². The van der Waals surface area contributed by atoms with Crippen LogP contribution in [0.25, 0.3) is 0 Å². The zero-order valence-electron chi connectivity index (χ0n) is 9.51. The minimum Gasteiger partial charge on any atom is -0.388 e. The van der Waals surface area contributed by atoms with Crippen molar-refractivity contribution in [3.05, 3.63) is 69.3 Å². The smallest absolute Gasteiger partial charge is 0.0793 e. The van der Waals surface area contributed by atoms with E-state index in [2.05, 4.69) is 46.9 Å². The van der Waals surface area contributed by atoms with E-state index in [0.717, 1.165) is 18.4 Å². The molecule has 17 heavy (non-hydrogen) atoms. The van der Waals surface area contributed by atoms with Crippen molar-refractivity contribution in [2.24, 2.45) is 0 Å². The Balaban J connectivity index is 1.92. The summed E-state index contributed by atoms with van der Waals surface area (Å²) in [5.74, 6) is 0. The molecule has 1 nitrogen and oxygen atoms in total. The maximum atomic E-state index is 10.0. The predicted octanol–water partition coefficient (Wildman–Crippen LogP) is 3.96. The van der Waals surface area contributed by atoms with Crippen molar-refractivity contribution < 1.29 is 5.11 Å². The van der Waals surface area contributed by atoms with E-state index in [4.69, 9.17) is 0 Å². The van der Waals surface area contributed by atoms with Gasteiger partial charge in [0.05, 0.1) is 6.10 Å². The molecule has 0 saturated carbocycles. The van der Waals surface area contributed by atoms with Crippen LogP contribution in [0.2, 0.25) is 0 Å². The fraction of sp³-hybridized carbons (Fsp3) is 0.200. The molecule has 0 radical (unpaired) electrons. The van der Waals surface area contributed by atoms with Crippen LogP contribution in [0.4, 0.5) is 0 Å². The lowest BCUT2D eigenvalue weighted by Gasteiger charge is -2.10. The number of hydrogen-bond donors (Lipinski definition) is 1. The molecule has 1 atom stereocenters. The Morgan fingerprint density at radius 2 is 1.59 bits per heavy atom.